The van der Waals surface area contributed by atoms with E-state index in [0.717, 1.165) is 35.0 Å². The fourth-order valence-electron chi connectivity index (χ4n) is 2.74. The van der Waals surface area contributed by atoms with Gasteiger partial charge in [0, 0.05) is 19.4 Å². The third kappa shape index (κ3) is 6.33. The molecule has 0 saturated carbocycles. The Hall–Kier alpha value is -2.09. The lowest BCUT2D eigenvalue weighted by Gasteiger charge is -2.19. The number of carbonyl (C=O) groups is 3. The van der Waals surface area contributed by atoms with Gasteiger partial charge in [0.15, 0.2) is 0 Å². The minimum atomic E-state index is -0.388. The minimum Gasteiger partial charge on any atom is -0.496 e. The van der Waals surface area contributed by atoms with Crippen molar-refractivity contribution in [3.8, 4) is 5.75 Å². The van der Waals surface area contributed by atoms with Crippen molar-refractivity contribution in [2.24, 2.45) is 0 Å². The molecule has 1 saturated heterocycles. The highest BCUT2D eigenvalue weighted by molar-refractivity contribution is 9.10. The lowest BCUT2D eigenvalue weighted by atomic mass is 10.1. The molecule has 1 aliphatic heterocycles. The molecule has 0 aliphatic carbocycles. The van der Waals surface area contributed by atoms with Crippen LogP contribution in [0.5, 0.6) is 5.75 Å². The number of methoxy groups -OCH3 is 1. The number of benzene rings is 1. The number of amides is 3. The van der Waals surface area contributed by atoms with Crippen LogP contribution < -0.4 is 15.6 Å². The maximum Gasteiger partial charge on any atom is 0.257 e. The molecule has 0 bridgehead atoms. The quantitative estimate of drug-likeness (QED) is 0.681. The molecule has 2 rings (SSSR count). The van der Waals surface area contributed by atoms with Gasteiger partial charge in [0.05, 0.1) is 11.6 Å². The molecule has 1 aliphatic rings. The van der Waals surface area contributed by atoms with E-state index in [1.54, 1.807) is 12.0 Å². The summed E-state index contributed by atoms with van der Waals surface area (Å²) in [7, 11) is 1.59. The average Bonchev–Trinajstić information content (AvgIpc) is 2.83. The fourth-order valence-corrected chi connectivity index (χ4v) is 3.33. The van der Waals surface area contributed by atoms with Gasteiger partial charge in [-0.3, -0.25) is 25.2 Å². The third-order valence-corrected chi connectivity index (χ3v) is 4.82. The fraction of sp³-hybridized carbons (Fsp3) is 0.500. The van der Waals surface area contributed by atoms with Crippen LogP contribution in [-0.2, 0) is 20.8 Å². The van der Waals surface area contributed by atoms with Crippen molar-refractivity contribution in [3.63, 3.8) is 0 Å². The van der Waals surface area contributed by atoms with Crippen LogP contribution in [0.3, 0.4) is 0 Å². The van der Waals surface area contributed by atoms with Gasteiger partial charge in [-0.15, -0.1) is 0 Å². The Kier molecular flexibility index (Phi) is 7.90. The maximum absolute atomic E-state index is 11.9. The molecular formula is C18H24BrN3O4. The van der Waals surface area contributed by atoms with Crippen LogP contribution in [0, 0.1) is 0 Å². The van der Waals surface area contributed by atoms with Crippen molar-refractivity contribution in [1.82, 2.24) is 15.8 Å². The second-order valence-electron chi connectivity index (χ2n) is 6.19. The molecule has 26 heavy (non-hydrogen) atoms. The second-order valence-corrected chi connectivity index (χ2v) is 7.05. The number of hydrogen-bond donors (Lipinski definition) is 2. The molecule has 0 unspecified atom stereocenters. The number of hydrazine groups is 1. The summed E-state index contributed by atoms with van der Waals surface area (Å²) in [5.74, 6) is 0.0517. The normalized spacial score (nSPS) is 14.5. The van der Waals surface area contributed by atoms with E-state index in [-0.39, 0.29) is 30.7 Å². The molecule has 1 heterocycles. The Balaban J connectivity index is 1.71. The Morgan fingerprint density at radius 1 is 1.19 bits per heavy atom. The molecule has 1 aromatic carbocycles. The Labute approximate surface area is 161 Å². The van der Waals surface area contributed by atoms with Gasteiger partial charge in [0.25, 0.3) is 5.91 Å². The minimum absolute atomic E-state index is 0.00550. The Morgan fingerprint density at radius 3 is 2.69 bits per heavy atom. The highest BCUT2D eigenvalue weighted by Crippen LogP contribution is 2.25. The zero-order valence-electron chi connectivity index (χ0n) is 14.8. The molecule has 3 amide bonds. The summed E-state index contributed by atoms with van der Waals surface area (Å²) in [6.45, 7) is 0.567. The number of likely N-dealkylation sites (tertiary alicyclic amines) is 1. The third-order valence-electron chi connectivity index (χ3n) is 4.20. The number of aryl methyl sites for hydroxylation is 1. The summed E-state index contributed by atoms with van der Waals surface area (Å²) in [5.41, 5.74) is 5.75. The molecular weight excluding hydrogens is 402 g/mol. The summed E-state index contributed by atoms with van der Waals surface area (Å²) in [5, 5.41) is 0. The van der Waals surface area contributed by atoms with Gasteiger partial charge in [-0.2, -0.15) is 0 Å². The first kappa shape index (κ1) is 20.2. The Bertz CT molecular complexity index is 666. The molecule has 7 nitrogen and oxygen atoms in total. The van der Waals surface area contributed by atoms with E-state index in [1.165, 1.54) is 0 Å². The maximum atomic E-state index is 11.9. The lowest BCUT2D eigenvalue weighted by Crippen LogP contribution is -2.47. The summed E-state index contributed by atoms with van der Waals surface area (Å²) in [4.78, 5) is 37.2. The van der Waals surface area contributed by atoms with Crippen LogP contribution in [0.4, 0.5) is 0 Å². The molecule has 142 valence electrons. The highest BCUT2D eigenvalue weighted by Gasteiger charge is 2.19. The smallest absolute Gasteiger partial charge is 0.257 e. The SMILES string of the molecule is COc1ccc(CCC(=O)NNC(=O)CN2CCCCCC2=O)cc1Br. The van der Waals surface area contributed by atoms with Gasteiger partial charge in [-0.1, -0.05) is 12.5 Å². The first-order chi connectivity index (χ1) is 12.5. The van der Waals surface area contributed by atoms with Crippen molar-refractivity contribution in [2.45, 2.75) is 38.5 Å². The van der Waals surface area contributed by atoms with E-state index in [9.17, 15) is 14.4 Å². The first-order valence-corrected chi connectivity index (χ1v) is 9.47. The molecule has 0 aromatic heterocycles. The zero-order chi connectivity index (χ0) is 18.9. The summed E-state index contributed by atoms with van der Waals surface area (Å²) < 4.78 is 5.99. The van der Waals surface area contributed by atoms with E-state index >= 15 is 0 Å². The van der Waals surface area contributed by atoms with Gasteiger partial charge in [-0.05, 0) is 52.9 Å². The predicted molar refractivity (Wildman–Crippen MR) is 100 cm³/mol. The summed E-state index contributed by atoms with van der Waals surface area (Å²) in [6, 6.07) is 5.62. The van der Waals surface area contributed by atoms with Crippen LogP contribution >= 0.6 is 15.9 Å². The number of carbonyl (C=O) groups excluding carboxylic acids is 3. The first-order valence-electron chi connectivity index (χ1n) is 8.67. The number of hydrogen-bond acceptors (Lipinski definition) is 4. The van der Waals surface area contributed by atoms with Crippen molar-refractivity contribution >= 4 is 33.7 Å². The van der Waals surface area contributed by atoms with Crippen molar-refractivity contribution in [1.29, 1.82) is 0 Å². The van der Waals surface area contributed by atoms with Gasteiger partial charge in [-0.25, -0.2) is 0 Å². The topological polar surface area (TPSA) is 87.7 Å². The summed E-state index contributed by atoms with van der Waals surface area (Å²) >= 11 is 3.41. The number of halogens is 1. The van der Waals surface area contributed by atoms with Crippen LogP contribution in [0.15, 0.2) is 22.7 Å². The lowest BCUT2D eigenvalue weighted by molar-refractivity contribution is -0.136. The van der Waals surface area contributed by atoms with E-state index in [0.29, 0.717) is 19.4 Å². The molecule has 2 N–H and O–H groups in total. The average molecular weight is 426 g/mol. The monoisotopic (exact) mass is 425 g/mol. The Morgan fingerprint density at radius 2 is 1.96 bits per heavy atom. The summed E-state index contributed by atoms with van der Waals surface area (Å²) in [6.07, 6.45) is 4.04. The van der Waals surface area contributed by atoms with Crippen molar-refractivity contribution < 1.29 is 19.1 Å². The van der Waals surface area contributed by atoms with E-state index < -0.39 is 0 Å². The van der Waals surface area contributed by atoms with Crippen LogP contribution in [0.2, 0.25) is 0 Å². The molecule has 8 heteroatoms. The largest absolute Gasteiger partial charge is 0.496 e. The number of ether oxygens (including phenoxy) is 1. The van der Waals surface area contributed by atoms with Gasteiger partial charge in [0.2, 0.25) is 11.8 Å². The molecule has 0 radical (unpaired) electrons. The molecule has 1 fully saturated rings. The molecule has 1 aromatic rings. The second kappa shape index (κ2) is 10.2. The van der Waals surface area contributed by atoms with E-state index in [1.807, 2.05) is 18.2 Å². The van der Waals surface area contributed by atoms with Gasteiger partial charge < -0.3 is 9.64 Å². The standard InChI is InChI=1S/C18H24BrN3O4/c1-26-15-8-6-13(11-14(15)19)7-9-16(23)20-21-17(24)12-22-10-4-2-3-5-18(22)25/h6,8,11H,2-5,7,9-10,12H2,1H3,(H,20,23)(H,21,24). The van der Waals surface area contributed by atoms with E-state index in [4.69, 9.17) is 4.74 Å². The van der Waals surface area contributed by atoms with Crippen LogP contribution in [0.1, 0.15) is 37.7 Å². The zero-order valence-corrected chi connectivity index (χ0v) is 16.4. The number of rotatable bonds is 6. The van der Waals surface area contributed by atoms with E-state index in [2.05, 4.69) is 26.8 Å². The van der Waals surface area contributed by atoms with Crippen molar-refractivity contribution in [2.75, 3.05) is 20.2 Å². The van der Waals surface area contributed by atoms with Gasteiger partial charge >= 0.3 is 0 Å². The molecule has 0 atom stereocenters. The van der Waals surface area contributed by atoms with Crippen molar-refractivity contribution in [3.05, 3.63) is 28.2 Å². The highest BCUT2D eigenvalue weighted by atomic mass is 79.9. The van der Waals surface area contributed by atoms with Crippen LogP contribution in [-0.4, -0.2) is 42.8 Å². The number of nitrogens with zero attached hydrogens (tertiary/aromatic N) is 1. The predicted octanol–water partition coefficient (Wildman–Crippen LogP) is 1.94. The van der Waals surface area contributed by atoms with Gasteiger partial charge in [0.1, 0.15) is 12.3 Å². The number of nitrogens with one attached hydrogen (secondary N) is 2. The van der Waals surface area contributed by atoms with Crippen LogP contribution in [0.25, 0.3) is 0 Å². The molecule has 0 spiro atoms.